The van der Waals surface area contributed by atoms with Gasteiger partial charge in [0.2, 0.25) is 0 Å². The second-order valence-electron chi connectivity index (χ2n) is 2.57. The van der Waals surface area contributed by atoms with Crippen molar-refractivity contribution in [1.82, 2.24) is 0 Å². The van der Waals surface area contributed by atoms with Crippen LogP contribution in [0.3, 0.4) is 0 Å². The Morgan fingerprint density at radius 2 is 2.30 bits per heavy atom. The summed E-state index contributed by atoms with van der Waals surface area (Å²) >= 11 is 0. The van der Waals surface area contributed by atoms with Crippen LogP contribution in [0, 0.1) is 17.2 Å². The van der Waals surface area contributed by atoms with Crippen LogP contribution in [0.25, 0.3) is 0 Å². The second kappa shape index (κ2) is 6.57. The Labute approximate surface area is 62.8 Å². The third kappa shape index (κ3) is 5.58. The normalized spacial score (nSPS) is 12.5. The molecule has 0 radical (unpaired) electrons. The zero-order valence-electron chi connectivity index (χ0n) is 6.76. The quantitative estimate of drug-likeness (QED) is 0.548. The Bertz CT molecular complexity index is 106. The van der Waals surface area contributed by atoms with Crippen LogP contribution in [0.4, 0.5) is 0 Å². The molecule has 0 fully saturated rings. The number of nitrogens with zero attached hydrogens (tertiary/aromatic N) is 1. The molecule has 0 aliphatic heterocycles. The van der Waals surface area contributed by atoms with Crippen LogP contribution in [0.5, 0.6) is 0 Å². The van der Waals surface area contributed by atoms with Gasteiger partial charge >= 0.3 is 0 Å². The molecule has 0 aliphatic rings. The van der Waals surface area contributed by atoms with Crippen molar-refractivity contribution in [2.45, 2.75) is 26.7 Å². The van der Waals surface area contributed by atoms with Crippen molar-refractivity contribution in [3.8, 4) is 6.07 Å². The van der Waals surface area contributed by atoms with E-state index >= 15 is 0 Å². The highest BCUT2D eigenvalue weighted by Gasteiger charge is 1.98. The maximum absolute atomic E-state index is 8.13. The molecule has 0 N–H and O–H groups in total. The van der Waals surface area contributed by atoms with Crippen LogP contribution in [-0.4, -0.2) is 13.2 Å². The van der Waals surface area contributed by atoms with E-state index in [0.29, 0.717) is 5.92 Å². The zero-order valence-corrected chi connectivity index (χ0v) is 6.76. The number of ether oxygens (including phenoxy) is 1. The molecule has 0 aromatic heterocycles. The third-order valence-corrected chi connectivity index (χ3v) is 1.35. The van der Waals surface area contributed by atoms with E-state index in [9.17, 15) is 0 Å². The molecule has 10 heavy (non-hydrogen) atoms. The van der Waals surface area contributed by atoms with E-state index in [0.717, 1.165) is 6.61 Å². The minimum Gasteiger partial charge on any atom is -0.366 e. The van der Waals surface area contributed by atoms with Gasteiger partial charge in [0.15, 0.2) is 0 Å². The van der Waals surface area contributed by atoms with E-state index in [2.05, 4.69) is 13.8 Å². The standard InChI is InChI=1S/C8H15NO/c1-3-4-8(2)7-10-6-5-9/h8H,3-4,6-7H2,1-2H3. The highest BCUT2D eigenvalue weighted by molar-refractivity contribution is 4.66. The van der Waals surface area contributed by atoms with Gasteiger partial charge in [-0.2, -0.15) is 5.26 Å². The van der Waals surface area contributed by atoms with Gasteiger partial charge in [0.05, 0.1) is 12.7 Å². The molecule has 0 bridgehead atoms. The predicted octanol–water partition coefficient (Wildman–Crippen LogP) is 1.96. The fraction of sp³-hybridized carbons (Fsp3) is 0.875. The highest BCUT2D eigenvalue weighted by atomic mass is 16.5. The van der Waals surface area contributed by atoms with Crippen LogP contribution in [-0.2, 0) is 4.74 Å². The van der Waals surface area contributed by atoms with Crippen LogP contribution < -0.4 is 0 Å². The van der Waals surface area contributed by atoms with Gasteiger partial charge in [0.25, 0.3) is 0 Å². The summed E-state index contributed by atoms with van der Waals surface area (Å²) in [6.45, 7) is 5.25. The van der Waals surface area contributed by atoms with E-state index in [-0.39, 0.29) is 6.61 Å². The molecule has 0 heterocycles. The molecule has 2 heteroatoms. The summed E-state index contributed by atoms with van der Waals surface area (Å²) < 4.78 is 5.04. The molecule has 0 rings (SSSR count). The first-order valence-corrected chi connectivity index (χ1v) is 3.76. The molecule has 0 aromatic carbocycles. The van der Waals surface area contributed by atoms with Gasteiger partial charge in [-0.25, -0.2) is 0 Å². The summed E-state index contributed by atoms with van der Waals surface area (Å²) in [6.07, 6.45) is 2.38. The van der Waals surface area contributed by atoms with Crippen molar-refractivity contribution in [1.29, 1.82) is 5.26 Å². The average molecular weight is 141 g/mol. The molecule has 0 spiro atoms. The monoisotopic (exact) mass is 141 g/mol. The third-order valence-electron chi connectivity index (χ3n) is 1.35. The van der Waals surface area contributed by atoms with Gasteiger partial charge in [-0.3, -0.25) is 0 Å². The lowest BCUT2D eigenvalue weighted by molar-refractivity contribution is 0.128. The van der Waals surface area contributed by atoms with Crippen molar-refractivity contribution < 1.29 is 4.74 Å². The molecular formula is C8H15NO. The summed E-state index contributed by atoms with van der Waals surface area (Å²) in [6, 6.07) is 1.94. The van der Waals surface area contributed by atoms with Crippen LogP contribution >= 0.6 is 0 Å². The van der Waals surface area contributed by atoms with Crippen molar-refractivity contribution in [3.63, 3.8) is 0 Å². The first-order valence-electron chi connectivity index (χ1n) is 3.76. The molecule has 1 atom stereocenters. The Hall–Kier alpha value is -0.550. The Morgan fingerprint density at radius 3 is 2.80 bits per heavy atom. The van der Waals surface area contributed by atoms with E-state index in [1.807, 2.05) is 6.07 Å². The summed E-state index contributed by atoms with van der Waals surface area (Å²) in [5, 5.41) is 8.13. The number of hydrogen-bond acceptors (Lipinski definition) is 2. The van der Waals surface area contributed by atoms with Crippen molar-refractivity contribution in [2.75, 3.05) is 13.2 Å². The summed E-state index contributed by atoms with van der Waals surface area (Å²) in [5.41, 5.74) is 0. The fourth-order valence-electron chi connectivity index (χ4n) is 0.882. The Kier molecular flexibility index (Phi) is 6.21. The summed E-state index contributed by atoms with van der Waals surface area (Å²) in [5.74, 6) is 0.596. The lowest BCUT2D eigenvalue weighted by Crippen LogP contribution is -2.05. The average Bonchev–Trinajstić information content (AvgIpc) is 1.89. The van der Waals surface area contributed by atoms with Crippen molar-refractivity contribution in [2.24, 2.45) is 5.92 Å². The molecular weight excluding hydrogens is 126 g/mol. The minimum absolute atomic E-state index is 0.230. The van der Waals surface area contributed by atoms with E-state index in [1.54, 1.807) is 0 Å². The van der Waals surface area contributed by atoms with Gasteiger partial charge in [-0.15, -0.1) is 0 Å². The number of rotatable bonds is 5. The van der Waals surface area contributed by atoms with Gasteiger partial charge in [-0.1, -0.05) is 20.3 Å². The predicted molar refractivity (Wildman–Crippen MR) is 40.5 cm³/mol. The smallest absolute Gasteiger partial charge is 0.133 e. The van der Waals surface area contributed by atoms with Gasteiger partial charge < -0.3 is 4.74 Å². The molecule has 1 unspecified atom stereocenters. The van der Waals surface area contributed by atoms with Crippen molar-refractivity contribution >= 4 is 0 Å². The van der Waals surface area contributed by atoms with E-state index < -0.39 is 0 Å². The second-order valence-corrected chi connectivity index (χ2v) is 2.57. The SMILES string of the molecule is CCCC(C)COCC#N. The molecule has 58 valence electrons. The number of hydrogen-bond donors (Lipinski definition) is 0. The molecule has 0 aliphatic carbocycles. The van der Waals surface area contributed by atoms with Crippen LogP contribution in [0.2, 0.25) is 0 Å². The lowest BCUT2D eigenvalue weighted by atomic mass is 10.1. The molecule has 2 nitrogen and oxygen atoms in total. The largest absolute Gasteiger partial charge is 0.366 e. The first-order chi connectivity index (χ1) is 4.81. The minimum atomic E-state index is 0.230. The Balaban J connectivity index is 3.06. The maximum Gasteiger partial charge on any atom is 0.133 e. The molecule has 0 saturated carbocycles. The molecule has 0 amide bonds. The number of nitriles is 1. The lowest BCUT2D eigenvalue weighted by Gasteiger charge is -2.07. The molecule has 0 saturated heterocycles. The Morgan fingerprint density at radius 1 is 1.60 bits per heavy atom. The zero-order chi connectivity index (χ0) is 7.82. The van der Waals surface area contributed by atoms with Gasteiger partial charge in [-0.05, 0) is 12.3 Å². The van der Waals surface area contributed by atoms with Gasteiger partial charge in [0, 0.05) is 0 Å². The van der Waals surface area contributed by atoms with E-state index in [4.69, 9.17) is 10.00 Å². The summed E-state index contributed by atoms with van der Waals surface area (Å²) in [7, 11) is 0. The van der Waals surface area contributed by atoms with E-state index in [1.165, 1.54) is 12.8 Å². The fourth-order valence-corrected chi connectivity index (χ4v) is 0.882. The molecule has 0 aromatic rings. The van der Waals surface area contributed by atoms with Crippen LogP contribution in [0.15, 0.2) is 0 Å². The first kappa shape index (κ1) is 9.45. The maximum atomic E-state index is 8.13. The highest BCUT2D eigenvalue weighted by Crippen LogP contribution is 2.04. The topological polar surface area (TPSA) is 33.0 Å². The van der Waals surface area contributed by atoms with Crippen LogP contribution in [0.1, 0.15) is 26.7 Å². The van der Waals surface area contributed by atoms with Crippen molar-refractivity contribution in [3.05, 3.63) is 0 Å². The summed E-state index contributed by atoms with van der Waals surface area (Å²) in [4.78, 5) is 0. The van der Waals surface area contributed by atoms with Gasteiger partial charge in [0.1, 0.15) is 6.61 Å².